The summed E-state index contributed by atoms with van der Waals surface area (Å²) >= 11 is 0. The van der Waals surface area contributed by atoms with Crippen molar-refractivity contribution in [2.45, 2.75) is 74.8 Å². The molecule has 1 aliphatic heterocycles. The highest BCUT2D eigenvalue weighted by molar-refractivity contribution is 5.90. The van der Waals surface area contributed by atoms with Crippen LogP contribution in [0.1, 0.15) is 72.9 Å². The number of anilines is 1. The van der Waals surface area contributed by atoms with E-state index in [1.54, 1.807) is 0 Å². The number of hydrogen-bond acceptors (Lipinski definition) is 5. The molecule has 0 aromatic heterocycles. The summed E-state index contributed by atoms with van der Waals surface area (Å²) in [5.74, 6) is 0.225. The molecule has 3 fully saturated rings. The summed E-state index contributed by atoms with van der Waals surface area (Å²) < 4.78 is 5.65. The second kappa shape index (κ2) is 8.89. The van der Waals surface area contributed by atoms with Crippen LogP contribution in [0, 0.1) is 5.92 Å². The predicted molar refractivity (Wildman–Crippen MR) is 136 cm³/mol. The van der Waals surface area contributed by atoms with E-state index in [1.165, 1.54) is 49.1 Å². The lowest BCUT2D eigenvalue weighted by atomic mass is 9.49. The molecule has 6 rings (SSSR count). The van der Waals surface area contributed by atoms with Crippen molar-refractivity contribution < 1.29 is 24.5 Å². The number of hydrogen-bond donors (Lipinski definition) is 3. The first-order chi connectivity index (χ1) is 17.4. The van der Waals surface area contributed by atoms with Gasteiger partial charge in [-0.1, -0.05) is 25.3 Å². The van der Waals surface area contributed by atoms with Gasteiger partial charge in [-0.3, -0.25) is 10.2 Å². The Bertz CT molecular complexity index is 1180. The van der Waals surface area contributed by atoms with Gasteiger partial charge in [0.1, 0.15) is 5.75 Å². The molecule has 1 heterocycles. The molecule has 2 aromatic carbocycles. The Morgan fingerprint density at radius 2 is 1.81 bits per heavy atom. The Kier molecular flexibility index (Phi) is 5.80. The van der Waals surface area contributed by atoms with Gasteiger partial charge >= 0.3 is 12.1 Å². The Balaban J connectivity index is 1.24. The van der Waals surface area contributed by atoms with E-state index < -0.39 is 17.7 Å². The van der Waals surface area contributed by atoms with Crippen LogP contribution in [0.15, 0.2) is 42.5 Å². The highest BCUT2D eigenvalue weighted by atomic mass is 16.6. The number of carboxylic acid groups (broad SMARTS) is 1. The van der Waals surface area contributed by atoms with E-state index in [-0.39, 0.29) is 17.0 Å². The largest absolute Gasteiger partial charge is 0.478 e. The standard InChI is InChI=1S/C29H34N2O5/c32-26(33)20-6-9-22(10-7-20)30-27(34)36-23-11-8-21-16-25-29(35)13-2-1-12-28(29,24(21)17-23)14-15-31(25)18-19-4-3-5-19/h6-11,17,19,25,35H,1-5,12-16,18H2,(H,30,34)(H,32,33)/t25-,28-,29+/m0/s1. The van der Waals surface area contributed by atoms with Crippen LogP contribution in [-0.2, 0) is 11.8 Å². The number of nitrogens with one attached hydrogen (secondary N) is 1. The summed E-state index contributed by atoms with van der Waals surface area (Å²) in [7, 11) is 0. The van der Waals surface area contributed by atoms with Gasteiger partial charge in [0.2, 0.25) is 0 Å². The molecule has 190 valence electrons. The molecule has 1 saturated heterocycles. The monoisotopic (exact) mass is 490 g/mol. The molecule has 2 bridgehead atoms. The van der Waals surface area contributed by atoms with Crippen molar-refractivity contribution in [3.8, 4) is 5.75 Å². The molecule has 1 amide bonds. The predicted octanol–water partition coefficient (Wildman–Crippen LogP) is 4.97. The normalized spacial score (nSPS) is 29.4. The van der Waals surface area contributed by atoms with Crippen LogP contribution in [0.5, 0.6) is 5.75 Å². The van der Waals surface area contributed by atoms with Gasteiger partial charge in [-0.25, -0.2) is 9.59 Å². The van der Waals surface area contributed by atoms with E-state index in [4.69, 9.17) is 9.84 Å². The Labute approximate surface area is 211 Å². The third kappa shape index (κ3) is 3.80. The smallest absolute Gasteiger partial charge is 0.417 e. The molecule has 4 aliphatic rings. The van der Waals surface area contributed by atoms with Crippen molar-refractivity contribution in [3.05, 3.63) is 59.2 Å². The number of rotatable bonds is 5. The second-order valence-electron chi connectivity index (χ2n) is 11.2. The summed E-state index contributed by atoms with van der Waals surface area (Å²) in [6.07, 6.45) is 9.07. The number of benzene rings is 2. The molecular weight excluding hydrogens is 456 g/mol. The quantitative estimate of drug-likeness (QED) is 0.547. The molecular formula is C29H34N2O5. The minimum Gasteiger partial charge on any atom is -0.478 e. The summed E-state index contributed by atoms with van der Waals surface area (Å²) in [5, 5.41) is 24.0. The van der Waals surface area contributed by atoms with Gasteiger partial charge in [-0.2, -0.15) is 0 Å². The fraction of sp³-hybridized carbons (Fsp3) is 0.517. The number of amides is 1. The third-order valence-corrected chi connectivity index (χ3v) is 9.37. The fourth-order valence-corrected chi connectivity index (χ4v) is 7.32. The van der Waals surface area contributed by atoms with Crippen LogP contribution in [0.25, 0.3) is 0 Å². The van der Waals surface area contributed by atoms with Crippen molar-refractivity contribution >= 4 is 17.7 Å². The van der Waals surface area contributed by atoms with Gasteiger partial charge in [0.25, 0.3) is 0 Å². The van der Waals surface area contributed by atoms with Crippen molar-refractivity contribution in [1.82, 2.24) is 4.90 Å². The zero-order valence-electron chi connectivity index (χ0n) is 20.5. The molecule has 2 saturated carbocycles. The average molecular weight is 491 g/mol. The van der Waals surface area contributed by atoms with Crippen molar-refractivity contribution in [1.29, 1.82) is 0 Å². The van der Waals surface area contributed by atoms with Crippen LogP contribution in [0.4, 0.5) is 10.5 Å². The number of aromatic carboxylic acids is 1. The Morgan fingerprint density at radius 3 is 2.53 bits per heavy atom. The third-order valence-electron chi connectivity index (χ3n) is 9.37. The summed E-state index contributed by atoms with van der Waals surface area (Å²) in [4.78, 5) is 26.2. The average Bonchev–Trinajstić information content (AvgIpc) is 2.83. The highest BCUT2D eigenvalue weighted by Crippen LogP contribution is 2.58. The van der Waals surface area contributed by atoms with Gasteiger partial charge in [0, 0.05) is 23.7 Å². The van der Waals surface area contributed by atoms with Gasteiger partial charge < -0.3 is 14.9 Å². The zero-order chi connectivity index (χ0) is 24.9. The topological polar surface area (TPSA) is 99.1 Å². The van der Waals surface area contributed by atoms with Gasteiger partial charge in [-0.15, -0.1) is 0 Å². The van der Waals surface area contributed by atoms with Crippen LogP contribution in [0.3, 0.4) is 0 Å². The van der Waals surface area contributed by atoms with Crippen LogP contribution >= 0.6 is 0 Å². The molecule has 0 spiro atoms. The number of aliphatic hydroxyl groups is 1. The molecule has 3 aliphatic carbocycles. The van der Waals surface area contributed by atoms with E-state index in [2.05, 4.69) is 16.3 Å². The van der Waals surface area contributed by atoms with Gasteiger partial charge in [-0.05, 0) is 98.5 Å². The molecule has 3 atom stereocenters. The van der Waals surface area contributed by atoms with Gasteiger partial charge in [0.15, 0.2) is 0 Å². The first-order valence-corrected chi connectivity index (χ1v) is 13.3. The maximum absolute atomic E-state index is 12.6. The highest BCUT2D eigenvalue weighted by Gasteiger charge is 2.63. The van der Waals surface area contributed by atoms with E-state index in [9.17, 15) is 14.7 Å². The lowest BCUT2D eigenvalue weighted by molar-refractivity contribution is -0.169. The molecule has 0 radical (unpaired) electrons. The van der Waals surface area contributed by atoms with Crippen LogP contribution in [-0.4, -0.2) is 51.9 Å². The lowest BCUT2D eigenvalue weighted by Gasteiger charge is -2.64. The maximum atomic E-state index is 12.6. The van der Waals surface area contributed by atoms with Crippen molar-refractivity contribution in [3.63, 3.8) is 0 Å². The molecule has 7 nitrogen and oxygen atoms in total. The van der Waals surface area contributed by atoms with E-state index in [0.29, 0.717) is 11.4 Å². The number of carboxylic acids is 1. The lowest BCUT2D eigenvalue weighted by Crippen LogP contribution is -2.72. The second-order valence-corrected chi connectivity index (χ2v) is 11.2. The maximum Gasteiger partial charge on any atom is 0.417 e. The minimum absolute atomic E-state index is 0.153. The molecule has 2 aromatic rings. The van der Waals surface area contributed by atoms with E-state index >= 15 is 0 Å². The first-order valence-electron chi connectivity index (χ1n) is 13.3. The van der Waals surface area contributed by atoms with E-state index in [0.717, 1.165) is 63.1 Å². The van der Waals surface area contributed by atoms with Crippen LogP contribution < -0.4 is 10.1 Å². The Morgan fingerprint density at radius 1 is 1.03 bits per heavy atom. The number of nitrogens with zero attached hydrogens (tertiary/aromatic N) is 1. The fourth-order valence-electron chi connectivity index (χ4n) is 7.32. The van der Waals surface area contributed by atoms with E-state index in [1.807, 2.05) is 12.1 Å². The number of carbonyl (C=O) groups excluding carboxylic acids is 1. The Hall–Kier alpha value is -2.90. The SMILES string of the molecule is O=C(Nc1ccc(C(=O)O)cc1)Oc1ccc2c(c1)[C@@]13CCCC[C@@]1(O)[C@H](C2)N(CC1CCC1)CC3. The number of piperidine rings is 1. The number of carbonyl (C=O) groups is 2. The number of likely N-dealkylation sites (tertiary alicyclic amines) is 1. The summed E-state index contributed by atoms with van der Waals surface area (Å²) in [6.45, 7) is 2.12. The molecule has 36 heavy (non-hydrogen) atoms. The van der Waals surface area contributed by atoms with Crippen LogP contribution in [0.2, 0.25) is 0 Å². The molecule has 7 heteroatoms. The summed E-state index contributed by atoms with van der Waals surface area (Å²) in [6, 6.07) is 12.0. The molecule has 0 unspecified atom stereocenters. The number of ether oxygens (including phenoxy) is 1. The minimum atomic E-state index is -1.02. The first kappa shape index (κ1) is 23.5. The van der Waals surface area contributed by atoms with Crippen molar-refractivity contribution in [2.24, 2.45) is 5.92 Å². The summed E-state index contributed by atoms with van der Waals surface area (Å²) in [5.41, 5.74) is 2.00. The molecule has 3 N–H and O–H groups in total. The number of fused-ring (bicyclic) bond motifs is 1. The van der Waals surface area contributed by atoms with Gasteiger partial charge in [0.05, 0.1) is 11.2 Å². The zero-order valence-corrected chi connectivity index (χ0v) is 20.5. The van der Waals surface area contributed by atoms with Crippen molar-refractivity contribution in [2.75, 3.05) is 18.4 Å².